The Morgan fingerprint density at radius 1 is 0.800 bits per heavy atom. The van der Waals surface area contributed by atoms with Gasteiger partial charge in [0.15, 0.2) is 0 Å². The van der Waals surface area contributed by atoms with Crippen molar-refractivity contribution in [2.75, 3.05) is 13.2 Å². The molecule has 0 saturated heterocycles. The van der Waals surface area contributed by atoms with Gasteiger partial charge in [-0.25, -0.2) is 0 Å². The second-order valence-corrected chi connectivity index (χ2v) is 26.3. The van der Waals surface area contributed by atoms with E-state index in [-0.39, 0.29) is 0 Å². The van der Waals surface area contributed by atoms with Crippen LogP contribution in [0, 0.1) is 0 Å². The first kappa shape index (κ1) is 21.0. The van der Waals surface area contributed by atoms with E-state index >= 15 is 0 Å². The summed E-state index contributed by atoms with van der Waals surface area (Å²) >= 11 is -2.93. The van der Waals surface area contributed by atoms with Crippen LogP contribution in [0.1, 0.15) is 60.3 Å². The van der Waals surface area contributed by atoms with Crippen molar-refractivity contribution in [1.29, 1.82) is 0 Å². The van der Waals surface area contributed by atoms with Crippen LogP contribution in [0.2, 0.25) is 11.9 Å². The number of unbranched alkanes of at least 4 members (excludes halogenated alkanes) is 2. The van der Waals surface area contributed by atoms with Crippen molar-refractivity contribution in [1.82, 2.24) is 0 Å². The van der Waals surface area contributed by atoms with Crippen molar-refractivity contribution in [3.05, 3.63) is 0 Å². The van der Waals surface area contributed by atoms with E-state index in [9.17, 15) is 4.57 Å². The van der Waals surface area contributed by atoms with Crippen LogP contribution < -0.4 is 0 Å². The fourth-order valence-corrected chi connectivity index (χ4v) is 20.8. The molecule has 6 heteroatoms. The molecule has 0 aliphatic rings. The molecule has 20 heavy (non-hydrogen) atoms. The van der Waals surface area contributed by atoms with Gasteiger partial charge in [0.2, 0.25) is 0 Å². The van der Waals surface area contributed by atoms with Gasteiger partial charge in [0.25, 0.3) is 0 Å². The molecule has 0 fully saturated rings. The predicted octanol–water partition coefficient (Wildman–Crippen LogP) is 5.75. The minimum absolute atomic E-state index is 0.459. The number of hydrogen-bond acceptors (Lipinski definition) is 4. The number of phosphoric acid groups is 1. The van der Waals surface area contributed by atoms with E-state index in [0.717, 1.165) is 37.6 Å². The monoisotopic (exact) mass is 504 g/mol. The van der Waals surface area contributed by atoms with Crippen LogP contribution in [0.3, 0.4) is 0 Å². The maximum atomic E-state index is 12.8. The summed E-state index contributed by atoms with van der Waals surface area (Å²) in [7, 11) is -3.35. The summed E-state index contributed by atoms with van der Waals surface area (Å²) in [6.45, 7) is 11.5. The van der Waals surface area contributed by atoms with Crippen LogP contribution in [0.5, 0.6) is 0 Å². The van der Waals surface area contributed by atoms with Crippen molar-refractivity contribution >= 4 is 29.4 Å². The Labute approximate surface area is 130 Å². The Kier molecular flexibility index (Phi) is 12.2. The number of rotatable bonds is 13. The molecule has 0 bridgehead atoms. The second kappa shape index (κ2) is 11.6. The predicted molar refractivity (Wildman–Crippen MR) is 87.6 cm³/mol. The van der Waals surface area contributed by atoms with Crippen molar-refractivity contribution < 1.29 is 16.1 Å². The fourth-order valence-electron chi connectivity index (χ4n) is 1.91. The van der Waals surface area contributed by atoms with Crippen LogP contribution in [-0.2, 0) is 16.1 Å². The average Bonchev–Trinajstić information content (AvgIpc) is 2.46. The van der Waals surface area contributed by atoms with Gasteiger partial charge < -0.3 is 0 Å². The van der Waals surface area contributed by atoms with Crippen molar-refractivity contribution in [2.24, 2.45) is 0 Å². The van der Waals surface area contributed by atoms with Crippen LogP contribution in [0.4, 0.5) is 0 Å². The van der Waals surface area contributed by atoms with Gasteiger partial charge in [0.05, 0.1) is 0 Å². The molecule has 0 aromatic rings. The van der Waals surface area contributed by atoms with E-state index in [1.165, 1.54) is 0 Å². The number of hydrogen-bond donors (Lipinski definition) is 0. The third kappa shape index (κ3) is 7.88. The molecule has 0 saturated carbocycles. The van der Waals surface area contributed by atoms with Gasteiger partial charge in [-0.3, -0.25) is 0 Å². The maximum absolute atomic E-state index is 12.8. The van der Waals surface area contributed by atoms with Gasteiger partial charge in [-0.05, 0) is 0 Å². The minimum atomic E-state index is -3.35. The van der Waals surface area contributed by atoms with E-state index in [2.05, 4.69) is 34.6 Å². The first-order chi connectivity index (χ1) is 9.51. The summed E-state index contributed by atoms with van der Waals surface area (Å²) < 4.78 is 33.1. The van der Waals surface area contributed by atoms with Crippen LogP contribution in [0.15, 0.2) is 0 Å². The molecule has 0 aromatic carbocycles. The first-order valence-corrected chi connectivity index (χ1v) is 19.4. The molecule has 0 spiro atoms. The quantitative estimate of drug-likeness (QED) is 0.182. The molecule has 0 aliphatic heterocycles. The summed E-state index contributed by atoms with van der Waals surface area (Å²) in [5.74, 6) is 0. The summed E-state index contributed by atoms with van der Waals surface area (Å²) in [5.41, 5.74) is 0. The van der Waals surface area contributed by atoms with Gasteiger partial charge in [-0.2, -0.15) is 0 Å². The van der Waals surface area contributed by atoms with Crippen LogP contribution in [-0.4, -0.2) is 34.8 Å². The van der Waals surface area contributed by atoms with Crippen LogP contribution >= 0.6 is 7.82 Å². The Bertz CT molecular complexity index is 260. The normalized spacial score (nSPS) is 12.8. The molecule has 122 valence electrons. The van der Waals surface area contributed by atoms with Crippen molar-refractivity contribution in [2.45, 2.75) is 72.2 Å². The summed E-state index contributed by atoms with van der Waals surface area (Å²) in [5, 5.41) is 0. The summed E-state index contributed by atoms with van der Waals surface area (Å²) in [6.07, 6.45) is 3.80. The fraction of sp³-hybridized carbons (Fsp3) is 1.00. The molecule has 0 atom stereocenters. The molecule has 0 amide bonds. The number of phosphoric ester groups is 1. The first-order valence-electron chi connectivity index (χ1n) is 8.11. The summed E-state index contributed by atoms with van der Waals surface area (Å²) in [4.78, 5) is 0. The molecule has 0 aromatic heterocycles. The topological polar surface area (TPSA) is 44.8 Å². The van der Waals surface area contributed by atoms with Gasteiger partial charge >= 0.3 is 131 Å². The molecule has 0 N–H and O–H groups in total. The van der Waals surface area contributed by atoms with Gasteiger partial charge in [-0.15, -0.1) is 0 Å². The third-order valence-corrected chi connectivity index (χ3v) is 27.5. The molecular weight excluding hydrogens is 470 g/mol. The zero-order valence-electron chi connectivity index (χ0n) is 13.9. The second-order valence-electron chi connectivity index (χ2n) is 5.16. The Morgan fingerprint density at radius 3 is 1.50 bits per heavy atom. The standard InChI is InChI=1S/C8H19O4P.3C2H5.Pb/c1-3-5-7-11-13(9,10)12-8-6-4-2;3*1-2;/h3-8H2,1-2H3,(H,9,10);3*1H2,2H3;/q;;;;+1/p-1. The Morgan fingerprint density at radius 2 is 1.20 bits per heavy atom. The molecule has 0 heterocycles. The molecule has 4 nitrogen and oxygen atoms in total. The molecular formula is C14H33O4PPb. The van der Waals surface area contributed by atoms with Gasteiger partial charge in [0, 0.05) is 0 Å². The Balaban J connectivity index is 4.76. The van der Waals surface area contributed by atoms with E-state index in [0.29, 0.717) is 13.2 Å². The molecule has 0 rings (SSSR count). The molecule has 0 aliphatic carbocycles. The average molecular weight is 504 g/mol. The molecule has 0 radical (unpaired) electrons. The van der Waals surface area contributed by atoms with Crippen molar-refractivity contribution in [3.63, 3.8) is 0 Å². The molecule has 0 unspecified atom stereocenters. The van der Waals surface area contributed by atoms with E-state index in [4.69, 9.17) is 11.5 Å². The Hall–Kier alpha value is 1.03. The zero-order valence-corrected chi connectivity index (χ0v) is 18.7. The van der Waals surface area contributed by atoms with E-state index in [1.54, 1.807) is 0 Å². The SMILES string of the molecule is CCCCOP(=O)(OCCCC)[O][Pb]([CH2]C)([CH2]C)[CH2]C. The third-order valence-electron chi connectivity index (χ3n) is 3.73. The van der Waals surface area contributed by atoms with E-state index in [1.807, 2.05) is 0 Å². The summed E-state index contributed by atoms with van der Waals surface area (Å²) in [6, 6.07) is 0. The van der Waals surface area contributed by atoms with Crippen LogP contribution in [0.25, 0.3) is 0 Å². The zero-order chi connectivity index (χ0) is 15.5. The van der Waals surface area contributed by atoms with E-state index < -0.39 is 29.4 Å². The van der Waals surface area contributed by atoms with Crippen molar-refractivity contribution in [3.8, 4) is 0 Å². The van der Waals surface area contributed by atoms with Gasteiger partial charge in [0.1, 0.15) is 0 Å². The van der Waals surface area contributed by atoms with Gasteiger partial charge in [-0.1, -0.05) is 0 Å².